The Balaban J connectivity index is 1.79. The van der Waals surface area contributed by atoms with E-state index in [1.165, 1.54) is 18.2 Å². The molecule has 1 aromatic rings. The molecule has 1 fully saturated rings. The first-order valence-corrected chi connectivity index (χ1v) is 7.61. The number of rotatable bonds is 4. The van der Waals surface area contributed by atoms with E-state index >= 15 is 0 Å². The van der Waals surface area contributed by atoms with Crippen LogP contribution in [0.5, 0.6) is 0 Å². The van der Waals surface area contributed by atoms with Gasteiger partial charge in [-0.2, -0.15) is 0 Å². The van der Waals surface area contributed by atoms with Crippen molar-refractivity contribution in [2.45, 2.75) is 6.92 Å². The van der Waals surface area contributed by atoms with Crippen LogP contribution in [0, 0.1) is 10.1 Å². The van der Waals surface area contributed by atoms with Crippen LogP contribution >= 0.6 is 0 Å². The zero-order chi connectivity index (χ0) is 16.6. The van der Waals surface area contributed by atoms with E-state index in [-0.39, 0.29) is 23.5 Å². The first-order valence-electron chi connectivity index (χ1n) is 7.61. The number of amides is 2. The van der Waals surface area contributed by atoms with E-state index in [0.29, 0.717) is 0 Å². The molecule has 2 heterocycles. The van der Waals surface area contributed by atoms with Crippen LogP contribution in [0.25, 0.3) is 0 Å². The number of nitro benzene ring substituents is 1. The zero-order valence-corrected chi connectivity index (χ0v) is 12.9. The normalized spacial score (nSPS) is 19.3. The predicted molar refractivity (Wildman–Crippen MR) is 82.2 cm³/mol. The largest absolute Gasteiger partial charge is 0.301 e. The summed E-state index contributed by atoms with van der Waals surface area (Å²) in [6.07, 6.45) is 0. The maximum Gasteiger partial charge on any atom is 0.282 e. The van der Waals surface area contributed by atoms with Crippen molar-refractivity contribution in [2.75, 3.05) is 39.4 Å². The number of benzene rings is 1. The number of imide groups is 1. The third-order valence-corrected chi connectivity index (χ3v) is 4.43. The van der Waals surface area contributed by atoms with Crippen molar-refractivity contribution >= 4 is 17.5 Å². The van der Waals surface area contributed by atoms with E-state index in [2.05, 4.69) is 11.8 Å². The molecule has 3 rings (SSSR count). The van der Waals surface area contributed by atoms with E-state index in [1.54, 1.807) is 0 Å². The topological polar surface area (TPSA) is 87.0 Å². The number of nitro groups is 1. The van der Waals surface area contributed by atoms with Gasteiger partial charge in [-0.1, -0.05) is 13.0 Å². The second-order valence-corrected chi connectivity index (χ2v) is 5.69. The first-order chi connectivity index (χ1) is 11.0. The second kappa shape index (κ2) is 6.05. The van der Waals surface area contributed by atoms with Gasteiger partial charge in [-0.25, -0.2) is 0 Å². The molecular formula is C15H18N4O4. The summed E-state index contributed by atoms with van der Waals surface area (Å²) in [5.74, 6) is -1.03. The molecule has 122 valence electrons. The van der Waals surface area contributed by atoms with E-state index in [0.717, 1.165) is 37.6 Å². The summed E-state index contributed by atoms with van der Waals surface area (Å²) in [6, 6.07) is 4.16. The molecule has 0 spiro atoms. The van der Waals surface area contributed by atoms with Crippen molar-refractivity contribution in [2.24, 2.45) is 0 Å². The van der Waals surface area contributed by atoms with E-state index in [1.807, 2.05) is 4.90 Å². The number of nitrogens with zero attached hydrogens (tertiary/aromatic N) is 4. The van der Waals surface area contributed by atoms with Gasteiger partial charge >= 0.3 is 0 Å². The lowest BCUT2D eigenvalue weighted by molar-refractivity contribution is -0.385. The highest BCUT2D eigenvalue weighted by atomic mass is 16.6. The number of likely N-dealkylation sites (N-methyl/N-ethyl adjacent to an activating group) is 1. The van der Waals surface area contributed by atoms with Crippen LogP contribution in [-0.4, -0.2) is 70.8 Å². The molecule has 8 heteroatoms. The van der Waals surface area contributed by atoms with E-state index < -0.39 is 16.7 Å². The van der Waals surface area contributed by atoms with Crippen molar-refractivity contribution in [1.82, 2.24) is 14.7 Å². The minimum atomic E-state index is -0.618. The third kappa shape index (κ3) is 2.71. The number of piperazine rings is 1. The minimum absolute atomic E-state index is 0.0882. The van der Waals surface area contributed by atoms with Crippen LogP contribution < -0.4 is 0 Å². The highest BCUT2D eigenvalue weighted by molar-refractivity contribution is 6.23. The zero-order valence-electron chi connectivity index (χ0n) is 12.9. The van der Waals surface area contributed by atoms with Gasteiger partial charge in [-0.15, -0.1) is 0 Å². The minimum Gasteiger partial charge on any atom is -0.301 e. The van der Waals surface area contributed by atoms with Crippen LogP contribution in [0.2, 0.25) is 0 Å². The second-order valence-electron chi connectivity index (χ2n) is 5.69. The van der Waals surface area contributed by atoms with Gasteiger partial charge in [0, 0.05) is 32.2 Å². The molecular weight excluding hydrogens is 300 g/mol. The van der Waals surface area contributed by atoms with Crippen LogP contribution in [-0.2, 0) is 0 Å². The predicted octanol–water partition coefficient (Wildman–Crippen LogP) is 0.786. The van der Waals surface area contributed by atoms with Gasteiger partial charge in [0.1, 0.15) is 5.56 Å². The van der Waals surface area contributed by atoms with Crippen LogP contribution in [0.4, 0.5) is 5.69 Å². The molecule has 2 aliphatic heterocycles. The molecule has 0 atom stereocenters. The number of fused-ring (bicyclic) bond motifs is 1. The van der Waals surface area contributed by atoms with E-state index in [4.69, 9.17) is 0 Å². The maximum atomic E-state index is 12.5. The Morgan fingerprint density at radius 2 is 1.74 bits per heavy atom. The van der Waals surface area contributed by atoms with Gasteiger partial charge in [0.25, 0.3) is 17.5 Å². The summed E-state index contributed by atoms with van der Waals surface area (Å²) in [6.45, 7) is 6.57. The van der Waals surface area contributed by atoms with Crippen molar-refractivity contribution in [3.05, 3.63) is 39.4 Å². The van der Waals surface area contributed by atoms with Gasteiger partial charge in [0.15, 0.2) is 0 Å². The lowest BCUT2D eigenvalue weighted by atomic mass is 10.1. The van der Waals surface area contributed by atoms with Crippen LogP contribution in [0.15, 0.2) is 18.2 Å². The van der Waals surface area contributed by atoms with Gasteiger partial charge in [0.05, 0.1) is 17.2 Å². The Labute approximate surface area is 133 Å². The van der Waals surface area contributed by atoms with Crippen LogP contribution in [0.1, 0.15) is 27.6 Å². The molecule has 1 aromatic carbocycles. The summed E-state index contributed by atoms with van der Waals surface area (Å²) in [7, 11) is 0. The number of hydrogen-bond acceptors (Lipinski definition) is 6. The summed E-state index contributed by atoms with van der Waals surface area (Å²) in [5.41, 5.74) is -0.273. The number of hydrogen-bond donors (Lipinski definition) is 0. The molecule has 2 aliphatic rings. The monoisotopic (exact) mass is 318 g/mol. The van der Waals surface area contributed by atoms with Gasteiger partial charge in [0.2, 0.25) is 0 Å². The Hall–Kier alpha value is -2.32. The van der Waals surface area contributed by atoms with E-state index in [9.17, 15) is 19.7 Å². The average molecular weight is 318 g/mol. The van der Waals surface area contributed by atoms with Gasteiger partial charge in [-0.3, -0.25) is 29.5 Å². The van der Waals surface area contributed by atoms with Crippen molar-refractivity contribution < 1.29 is 14.5 Å². The highest BCUT2D eigenvalue weighted by Crippen LogP contribution is 2.30. The molecule has 0 unspecified atom stereocenters. The lowest BCUT2D eigenvalue weighted by Crippen LogP contribution is -2.50. The number of carbonyl (C=O) groups excluding carboxylic acids is 2. The fourth-order valence-corrected chi connectivity index (χ4v) is 3.04. The molecule has 0 bridgehead atoms. The van der Waals surface area contributed by atoms with Gasteiger partial charge < -0.3 is 4.90 Å². The molecule has 2 amide bonds. The quantitative estimate of drug-likeness (QED) is 0.463. The maximum absolute atomic E-state index is 12.5. The summed E-state index contributed by atoms with van der Waals surface area (Å²) in [5, 5.41) is 11.1. The van der Waals surface area contributed by atoms with Crippen molar-refractivity contribution in [1.29, 1.82) is 0 Å². The summed E-state index contributed by atoms with van der Waals surface area (Å²) in [4.78, 5) is 40.8. The lowest BCUT2D eigenvalue weighted by Gasteiger charge is -2.35. The Kier molecular flexibility index (Phi) is 4.10. The SMILES string of the molecule is CCN1CCN(CN2C(=O)c3cccc([N+](=O)[O-])c3C2=O)CC1. The Bertz CT molecular complexity index is 667. The van der Waals surface area contributed by atoms with Gasteiger partial charge in [-0.05, 0) is 12.6 Å². The van der Waals surface area contributed by atoms with Crippen molar-refractivity contribution in [3.8, 4) is 0 Å². The van der Waals surface area contributed by atoms with Crippen molar-refractivity contribution in [3.63, 3.8) is 0 Å². The standard InChI is InChI=1S/C15H18N4O4/c1-2-16-6-8-17(9-7-16)10-18-14(20)11-4-3-5-12(19(22)23)13(11)15(18)21/h3-5H,2,6-10H2,1H3. The fourth-order valence-electron chi connectivity index (χ4n) is 3.04. The first kappa shape index (κ1) is 15.6. The summed E-state index contributed by atoms with van der Waals surface area (Å²) >= 11 is 0. The average Bonchev–Trinajstić information content (AvgIpc) is 2.80. The third-order valence-electron chi connectivity index (χ3n) is 4.43. The summed E-state index contributed by atoms with van der Waals surface area (Å²) < 4.78 is 0. The molecule has 8 nitrogen and oxygen atoms in total. The smallest absolute Gasteiger partial charge is 0.282 e. The Morgan fingerprint density at radius 1 is 1.09 bits per heavy atom. The molecule has 1 saturated heterocycles. The number of carbonyl (C=O) groups is 2. The molecule has 0 saturated carbocycles. The molecule has 0 N–H and O–H groups in total. The molecule has 0 aromatic heterocycles. The Morgan fingerprint density at radius 3 is 2.35 bits per heavy atom. The van der Waals surface area contributed by atoms with Crippen LogP contribution in [0.3, 0.4) is 0 Å². The molecule has 0 aliphatic carbocycles. The fraction of sp³-hybridized carbons (Fsp3) is 0.467. The molecule has 23 heavy (non-hydrogen) atoms. The molecule has 0 radical (unpaired) electrons. The highest BCUT2D eigenvalue weighted by Gasteiger charge is 2.41.